The highest BCUT2D eigenvalue weighted by atomic mass is 32.2. The van der Waals surface area contributed by atoms with Crippen LogP contribution in [0, 0.1) is 13.8 Å². The van der Waals surface area contributed by atoms with Crippen LogP contribution in [0.2, 0.25) is 0 Å². The third kappa shape index (κ3) is 6.47. The van der Waals surface area contributed by atoms with Gasteiger partial charge in [-0.2, -0.15) is 8.78 Å². The Morgan fingerprint density at radius 1 is 1.24 bits per heavy atom. The molecule has 0 saturated carbocycles. The normalized spacial score (nSPS) is 18.9. The highest BCUT2D eigenvalue weighted by Crippen LogP contribution is 2.24. The Kier molecular flexibility index (Phi) is 7.55. The molecule has 1 saturated heterocycles. The fourth-order valence-corrected chi connectivity index (χ4v) is 4.38. The predicted molar refractivity (Wildman–Crippen MR) is 109 cm³/mol. The van der Waals surface area contributed by atoms with Gasteiger partial charge in [-0.05, 0) is 37.6 Å². The molecule has 1 amide bonds. The second-order valence-electron chi connectivity index (χ2n) is 7.45. The minimum absolute atomic E-state index is 0.0146. The number of hydrogen-bond donors (Lipinski definition) is 2. The molecule has 5 nitrogen and oxygen atoms in total. The number of aryl methyl sites for hydroxylation is 2. The highest BCUT2D eigenvalue weighted by molar-refractivity contribution is 7.99. The summed E-state index contributed by atoms with van der Waals surface area (Å²) in [6.07, 6.45) is 1.84. The minimum Gasteiger partial charge on any atom is -0.347 e. The van der Waals surface area contributed by atoms with Crippen LogP contribution in [-0.2, 0) is 17.8 Å². The molecule has 1 aromatic heterocycles. The molecule has 8 heteroatoms. The van der Waals surface area contributed by atoms with Crippen LogP contribution in [0.1, 0.15) is 35.4 Å². The van der Waals surface area contributed by atoms with Crippen molar-refractivity contribution < 1.29 is 18.5 Å². The van der Waals surface area contributed by atoms with Gasteiger partial charge in [-0.1, -0.05) is 30.3 Å². The molecule has 29 heavy (non-hydrogen) atoms. The lowest BCUT2D eigenvalue weighted by atomic mass is 10.1. The summed E-state index contributed by atoms with van der Waals surface area (Å²) in [4.78, 5) is 22.2. The number of aromatic nitrogens is 2. The molecule has 0 spiro atoms. The van der Waals surface area contributed by atoms with Gasteiger partial charge in [-0.3, -0.25) is 4.79 Å². The fourth-order valence-electron chi connectivity index (χ4n) is 3.84. The number of hydrogen-bond acceptors (Lipinski definition) is 4. The van der Waals surface area contributed by atoms with Crippen LogP contribution in [0.3, 0.4) is 0 Å². The highest BCUT2D eigenvalue weighted by Gasteiger charge is 2.27. The summed E-state index contributed by atoms with van der Waals surface area (Å²) in [7, 11) is 0. The van der Waals surface area contributed by atoms with E-state index in [0.29, 0.717) is 36.0 Å². The molecule has 2 atom stereocenters. The Bertz CT molecular complexity index is 812. The van der Waals surface area contributed by atoms with Crippen LogP contribution in [0.15, 0.2) is 35.5 Å². The molecule has 2 aromatic rings. The first-order valence-electron chi connectivity index (χ1n) is 9.86. The van der Waals surface area contributed by atoms with Crippen LogP contribution >= 0.6 is 11.8 Å². The molecule has 2 N–H and O–H groups in total. The summed E-state index contributed by atoms with van der Waals surface area (Å²) in [5.74, 6) is -2.53. The molecular weight excluding hydrogens is 394 g/mol. The number of nitrogens with one attached hydrogen (secondary N) is 2. The van der Waals surface area contributed by atoms with Crippen LogP contribution < -0.4 is 10.2 Å². The van der Waals surface area contributed by atoms with Gasteiger partial charge in [0, 0.05) is 29.8 Å². The predicted octanol–water partition coefficient (Wildman–Crippen LogP) is 2.31. The van der Waals surface area contributed by atoms with Gasteiger partial charge < -0.3 is 10.2 Å². The Morgan fingerprint density at radius 3 is 2.59 bits per heavy atom. The van der Waals surface area contributed by atoms with Crippen molar-refractivity contribution in [3.63, 3.8) is 0 Å². The summed E-state index contributed by atoms with van der Waals surface area (Å²) >= 11 is 0.345. The molecule has 0 bridgehead atoms. The van der Waals surface area contributed by atoms with Crippen molar-refractivity contribution in [2.24, 2.45) is 0 Å². The van der Waals surface area contributed by atoms with Crippen molar-refractivity contribution in [1.29, 1.82) is 0 Å². The average molecular weight is 422 g/mol. The van der Waals surface area contributed by atoms with Crippen LogP contribution in [-0.4, -0.2) is 40.8 Å². The number of amides is 1. The van der Waals surface area contributed by atoms with Crippen molar-refractivity contribution in [3.05, 3.63) is 52.8 Å². The standard InChI is InChI=1S/C21H26F2N4OS/c1-14-18(15(2)25-21(24-14)29-20(22)23)8-9-19(28)26-17-10-11-27(13-17)12-16-6-4-3-5-7-16/h3-7,17,20H,8-13H2,1-2H3,(H,26,28)/p+1/t17-/m1/s1. The number of benzene rings is 1. The number of rotatable bonds is 8. The van der Waals surface area contributed by atoms with E-state index in [1.807, 2.05) is 6.07 Å². The van der Waals surface area contributed by atoms with E-state index in [2.05, 4.69) is 39.6 Å². The molecule has 3 rings (SSSR count). The van der Waals surface area contributed by atoms with E-state index in [1.54, 1.807) is 13.8 Å². The van der Waals surface area contributed by atoms with Crippen molar-refractivity contribution in [2.75, 3.05) is 13.1 Å². The lowest BCUT2D eigenvalue weighted by molar-refractivity contribution is -0.901. The Morgan fingerprint density at radius 2 is 1.93 bits per heavy atom. The maximum Gasteiger partial charge on any atom is 0.291 e. The van der Waals surface area contributed by atoms with Crippen LogP contribution in [0.4, 0.5) is 8.78 Å². The van der Waals surface area contributed by atoms with E-state index in [4.69, 9.17) is 0 Å². The Labute approximate surface area is 174 Å². The number of halogens is 2. The van der Waals surface area contributed by atoms with E-state index in [-0.39, 0.29) is 17.1 Å². The zero-order valence-corrected chi connectivity index (χ0v) is 17.6. The maximum absolute atomic E-state index is 12.5. The number of carbonyl (C=O) groups is 1. The molecule has 1 aromatic carbocycles. The quantitative estimate of drug-likeness (QED) is 0.507. The first-order chi connectivity index (χ1) is 13.9. The molecule has 2 heterocycles. The average Bonchev–Trinajstić information content (AvgIpc) is 3.08. The summed E-state index contributed by atoms with van der Waals surface area (Å²) in [5, 5.41) is 3.22. The third-order valence-electron chi connectivity index (χ3n) is 5.24. The van der Waals surface area contributed by atoms with Gasteiger partial charge in [0.25, 0.3) is 5.76 Å². The molecule has 1 fully saturated rings. The molecule has 1 aliphatic heterocycles. The molecule has 0 aliphatic carbocycles. The smallest absolute Gasteiger partial charge is 0.291 e. The third-order valence-corrected chi connectivity index (χ3v) is 5.81. The lowest BCUT2D eigenvalue weighted by Crippen LogP contribution is -3.09. The van der Waals surface area contributed by atoms with Crippen molar-refractivity contribution >= 4 is 17.7 Å². The molecular formula is C21H27F2N4OS+. The number of alkyl halides is 2. The first-order valence-corrected chi connectivity index (χ1v) is 10.7. The van der Waals surface area contributed by atoms with E-state index in [9.17, 15) is 13.6 Å². The Hall–Kier alpha value is -2.06. The summed E-state index contributed by atoms with van der Waals surface area (Å²) < 4.78 is 25.0. The monoisotopic (exact) mass is 421 g/mol. The largest absolute Gasteiger partial charge is 0.347 e. The van der Waals surface area contributed by atoms with E-state index in [0.717, 1.165) is 31.6 Å². The molecule has 0 radical (unpaired) electrons. The SMILES string of the molecule is Cc1nc(SC(F)F)nc(C)c1CCC(=O)N[C@@H]1CC[NH+](Cc2ccccc2)C1. The maximum atomic E-state index is 12.5. The van der Waals surface area contributed by atoms with Gasteiger partial charge in [0.2, 0.25) is 5.91 Å². The second kappa shape index (κ2) is 10.1. The number of carbonyl (C=O) groups excluding carboxylic acids is 1. The Balaban J connectivity index is 1.47. The van der Waals surface area contributed by atoms with E-state index >= 15 is 0 Å². The molecule has 1 aliphatic rings. The summed E-state index contributed by atoms with van der Waals surface area (Å²) in [6.45, 7) is 6.51. The summed E-state index contributed by atoms with van der Waals surface area (Å²) in [5.41, 5.74) is 3.50. The zero-order valence-electron chi connectivity index (χ0n) is 16.8. The zero-order chi connectivity index (χ0) is 20.8. The molecule has 156 valence electrons. The number of thioether (sulfide) groups is 1. The van der Waals surface area contributed by atoms with E-state index < -0.39 is 5.76 Å². The van der Waals surface area contributed by atoms with E-state index in [1.165, 1.54) is 10.5 Å². The number of quaternary nitrogens is 1. The lowest BCUT2D eigenvalue weighted by Gasteiger charge is -2.15. The van der Waals surface area contributed by atoms with Gasteiger partial charge in [0.1, 0.15) is 6.54 Å². The number of nitrogens with zero attached hydrogens (tertiary/aromatic N) is 2. The van der Waals surface area contributed by atoms with Gasteiger partial charge >= 0.3 is 0 Å². The van der Waals surface area contributed by atoms with Gasteiger partial charge in [0.05, 0.1) is 19.1 Å². The van der Waals surface area contributed by atoms with Crippen molar-refractivity contribution in [2.45, 2.75) is 56.6 Å². The van der Waals surface area contributed by atoms with Crippen molar-refractivity contribution in [1.82, 2.24) is 15.3 Å². The van der Waals surface area contributed by atoms with Gasteiger partial charge in [-0.25, -0.2) is 9.97 Å². The second-order valence-corrected chi connectivity index (χ2v) is 8.41. The fraction of sp³-hybridized carbons (Fsp3) is 0.476. The number of likely N-dealkylation sites (tertiary alicyclic amines) is 1. The van der Waals surface area contributed by atoms with Crippen LogP contribution in [0.25, 0.3) is 0 Å². The van der Waals surface area contributed by atoms with Crippen molar-refractivity contribution in [3.8, 4) is 0 Å². The topological polar surface area (TPSA) is 59.3 Å². The van der Waals surface area contributed by atoms with Crippen LogP contribution in [0.5, 0.6) is 0 Å². The first kappa shape index (κ1) is 21.6. The summed E-state index contributed by atoms with van der Waals surface area (Å²) in [6, 6.07) is 10.6. The molecule has 1 unspecified atom stereocenters. The van der Waals surface area contributed by atoms with Gasteiger partial charge in [0.15, 0.2) is 5.16 Å². The minimum atomic E-state index is -2.54. The van der Waals surface area contributed by atoms with Gasteiger partial charge in [-0.15, -0.1) is 0 Å².